The number of carbonyl (C=O) groups excluding carboxylic acids is 5. The van der Waals surface area contributed by atoms with Crippen molar-refractivity contribution in [3.8, 4) is 0 Å². The number of Topliss-reactive ketones (excluding diaryl/α,β-unsaturated/α-hetero) is 1. The molecular formula is C27H42F2N4O6. The normalized spacial score (nSPS) is 26.2. The minimum absolute atomic E-state index is 0.0244. The maximum Gasteiger partial charge on any atom is 0.408 e. The summed E-state index contributed by atoms with van der Waals surface area (Å²) in [5.74, 6) is -7.84. The number of piperidine rings is 1. The molecule has 5 unspecified atom stereocenters. The Balaban J connectivity index is 1.88. The Bertz CT molecular complexity index is 999. The summed E-state index contributed by atoms with van der Waals surface area (Å²) in [5.41, 5.74) is 3.97. The van der Waals surface area contributed by atoms with Crippen LogP contribution in [-0.4, -0.2) is 70.7 Å². The zero-order chi connectivity index (χ0) is 29.5. The van der Waals surface area contributed by atoms with Crippen molar-refractivity contribution < 1.29 is 37.5 Å². The van der Waals surface area contributed by atoms with E-state index in [9.17, 15) is 32.8 Å². The molecular weight excluding hydrogens is 514 g/mol. The van der Waals surface area contributed by atoms with Crippen molar-refractivity contribution in [2.75, 3.05) is 6.54 Å². The number of nitrogens with two attached hydrogens (primary N) is 1. The van der Waals surface area contributed by atoms with Crippen LogP contribution in [0.5, 0.6) is 0 Å². The Kier molecular flexibility index (Phi) is 8.67. The van der Waals surface area contributed by atoms with Gasteiger partial charge in [0.1, 0.15) is 23.7 Å². The summed E-state index contributed by atoms with van der Waals surface area (Å²) in [7, 11) is 0. The van der Waals surface area contributed by atoms with E-state index in [0.29, 0.717) is 6.92 Å². The van der Waals surface area contributed by atoms with Gasteiger partial charge in [0.15, 0.2) is 0 Å². The molecule has 2 aliphatic carbocycles. The summed E-state index contributed by atoms with van der Waals surface area (Å²) in [6, 6.07) is -3.82. The molecule has 3 aliphatic rings. The van der Waals surface area contributed by atoms with Gasteiger partial charge in [0.2, 0.25) is 23.5 Å². The summed E-state index contributed by atoms with van der Waals surface area (Å²) in [6.07, 6.45) is 2.40. The van der Waals surface area contributed by atoms with Gasteiger partial charge in [0.05, 0.1) is 0 Å². The summed E-state index contributed by atoms with van der Waals surface area (Å²) in [4.78, 5) is 65.5. The number of alkyl carbamates (subject to hydrolysis) is 1. The first kappa shape index (κ1) is 30.7. The zero-order valence-electron chi connectivity index (χ0n) is 23.6. The number of rotatable bonds is 9. The molecule has 4 amide bonds. The van der Waals surface area contributed by atoms with E-state index >= 15 is 0 Å². The molecule has 3 rings (SSSR count). The van der Waals surface area contributed by atoms with Crippen LogP contribution in [0.1, 0.15) is 80.1 Å². The number of amides is 4. The van der Waals surface area contributed by atoms with Crippen molar-refractivity contribution in [3.05, 3.63) is 0 Å². The lowest BCUT2D eigenvalue weighted by Gasteiger charge is -2.37. The highest BCUT2D eigenvalue weighted by Crippen LogP contribution is 2.65. The van der Waals surface area contributed by atoms with E-state index in [4.69, 9.17) is 10.5 Å². The monoisotopic (exact) mass is 556 g/mol. The van der Waals surface area contributed by atoms with Gasteiger partial charge in [-0.15, -0.1) is 0 Å². The predicted octanol–water partition coefficient (Wildman–Crippen LogP) is 2.53. The van der Waals surface area contributed by atoms with Gasteiger partial charge in [-0.05, 0) is 63.7 Å². The Hall–Kier alpha value is -2.79. The average Bonchev–Trinajstić information content (AvgIpc) is 3.14. The second kappa shape index (κ2) is 11.0. The van der Waals surface area contributed by atoms with E-state index < -0.39 is 65.7 Å². The number of halogens is 2. The second-order valence-electron chi connectivity index (χ2n) is 13.0. The van der Waals surface area contributed by atoms with E-state index in [1.54, 1.807) is 20.8 Å². The molecule has 2 saturated carbocycles. The van der Waals surface area contributed by atoms with E-state index in [-0.39, 0.29) is 29.7 Å². The smallest absolute Gasteiger partial charge is 0.408 e. The lowest BCUT2D eigenvalue weighted by molar-refractivity contribution is -0.145. The fraction of sp³-hybridized carbons (Fsp3) is 0.815. The second-order valence-corrected chi connectivity index (χ2v) is 13.0. The van der Waals surface area contributed by atoms with Crippen LogP contribution >= 0.6 is 0 Å². The Morgan fingerprint density at radius 2 is 1.62 bits per heavy atom. The molecule has 0 aromatic rings. The minimum Gasteiger partial charge on any atom is -0.444 e. The fourth-order valence-electron chi connectivity index (χ4n) is 6.27. The highest BCUT2D eigenvalue weighted by atomic mass is 19.3. The molecule has 0 spiro atoms. The van der Waals surface area contributed by atoms with Crippen molar-refractivity contribution in [2.45, 2.75) is 110 Å². The summed E-state index contributed by atoms with van der Waals surface area (Å²) in [5, 5.41) is 5.03. The molecule has 1 saturated heterocycles. The largest absolute Gasteiger partial charge is 0.444 e. The number of nitrogens with zero attached hydrogens (tertiary/aromatic N) is 1. The molecule has 0 bridgehead atoms. The number of alkyl halides is 2. The van der Waals surface area contributed by atoms with Crippen molar-refractivity contribution in [1.29, 1.82) is 0 Å². The maximum atomic E-state index is 14.0. The van der Waals surface area contributed by atoms with Crippen LogP contribution in [0.3, 0.4) is 0 Å². The van der Waals surface area contributed by atoms with Gasteiger partial charge in [-0.25, -0.2) is 13.6 Å². The first-order valence-corrected chi connectivity index (χ1v) is 13.7. The van der Waals surface area contributed by atoms with Gasteiger partial charge in [0, 0.05) is 13.0 Å². The number of carbonyl (C=O) groups is 5. The van der Waals surface area contributed by atoms with E-state index in [2.05, 4.69) is 10.6 Å². The molecule has 5 atom stereocenters. The highest BCUT2D eigenvalue weighted by Gasteiger charge is 2.69. The van der Waals surface area contributed by atoms with Crippen LogP contribution < -0.4 is 16.4 Å². The van der Waals surface area contributed by atoms with Gasteiger partial charge in [-0.3, -0.25) is 19.2 Å². The first-order valence-electron chi connectivity index (χ1n) is 13.7. The van der Waals surface area contributed by atoms with Crippen LogP contribution in [0.4, 0.5) is 13.6 Å². The molecule has 0 radical (unpaired) electrons. The molecule has 4 N–H and O–H groups in total. The Morgan fingerprint density at radius 3 is 2.13 bits per heavy atom. The molecule has 0 aromatic carbocycles. The van der Waals surface area contributed by atoms with E-state index in [1.165, 1.54) is 4.90 Å². The van der Waals surface area contributed by atoms with Gasteiger partial charge >= 0.3 is 6.09 Å². The number of likely N-dealkylation sites (tertiary alicyclic amines) is 1. The highest BCUT2D eigenvalue weighted by molar-refractivity contribution is 6.37. The molecule has 3 fully saturated rings. The standard InChI is InChI=1S/C27H42F2N4O6/c1-25(2,3)39-24(38)32-18(14-10-8-7-9-11-14)23(37)33-13-15-17(26(15,4)5)19(33)22(36)31-16(12-27(6,28)29)20(34)21(30)35/h14-19H,7-13H2,1-6H3,(H2,30,35)(H,31,36)(H,32,38). The van der Waals surface area contributed by atoms with Crippen LogP contribution in [0.15, 0.2) is 0 Å². The van der Waals surface area contributed by atoms with E-state index in [0.717, 1.165) is 32.1 Å². The molecule has 12 heteroatoms. The number of ether oxygens (including phenoxy) is 1. The molecule has 220 valence electrons. The van der Waals surface area contributed by atoms with Crippen LogP contribution in [0.25, 0.3) is 0 Å². The minimum atomic E-state index is -3.36. The summed E-state index contributed by atoms with van der Waals surface area (Å²) in [6.45, 7) is 9.86. The topological polar surface area (TPSA) is 148 Å². The predicted molar refractivity (Wildman–Crippen MR) is 137 cm³/mol. The zero-order valence-corrected chi connectivity index (χ0v) is 23.6. The average molecular weight is 557 g/mol. The lowest BCUT2D eigenvalue weighted by atomic mass is 9.83. The number of hydrogen-bond donors (Lipinski definition) is 3. The van der Waals surface area contributed by atoms with Crippen LogP contribution in [0, 0.1) is 23.2 Å². The first-order chi connectivity index (χ1) is 17.8. The third kappa shape index (κ3) is 7.25. The summed E-state index contributed by atoms with van der Waals surface area (Å²) >= 11 is 0. The number of nitrogens with one attached hydrogen (secondary N) is 2. The number of hydrogen-bond acceptors (Lipinski definition) is 6. The Labute approximate surface area is 228 Å². The Morgan fingerprint density at radius 1 is 1.03 bits per heavy atom. The van der Waals surface area contributed by atoms with Gasteiger partial charge in [0.25, 0.3) is 5.91 Å². The van der Waals surface area contributed by atoms with Crippen LogP contribution in [0.2, 0.25) is 0 Å². The van der Waals surface area contributed by atoms with E-state index in [1.807, 2.05) is 13.8 Å². The van der Waals surface area contributed by atoms with Crippen molar-refractivity contribution >= 4 is 29.6 Å². The molecule has 1 heterocycles. The molecule has 39 heavy (non-hydrogen) atoms. The maximum absolute atomic E-state index is 14.0. The number of ketones is 1. The summed E-state index contributed by atoms with van der Waals surface area (Å²) < 4.78 is 33.0. The molecule has 1 aliphatic heterocycles. The fourth-order valence-corrected chi connectivity index (χ4v) is 6.27. The van der Waals surface area contributed by atoms with Crippen LogP contribution in [-0.2, 0) is 23.9 Å². The van der Waals surface area contributed by atoms with Gasteiger partial charge in [-0.1, -0.05) is 33.1 Å². The number of primary amides is 1. The third-order valence-corrected chi connectivity index (χ3v) is 8.26. The van der Waals surface area contributed by atoms with Gasteiger partial charge < -0.3 is 26.0 Å². The van der Waals surface area contributed by atoms with Crippen molar-refractivity contribution in [3.63, 3.8) is 0 Å². The lowest BCUT2D eigenvalue weighted by Crippen LogP contribution is -2.60. The quantitative estimate of drug-likeness (QED) is 0.372. The number of fused-ring (bicyclic) bond motifs is 1. The SMILES string of the molecule is CC(F)(F)CC(NC(=O)C1C2C(CN1C(=O)C(NC(=O)OC(C)(C)C)C1CCCCC1)C2(C)C)C(=O)C(N)=O. The molecule has 0 aromatic heterocycles. The third-order valence-electron chi connectivity index (χ3n) is 8.26. The molecule has 10 nitrogen and oxygen atoms in total. The van der Waals surface area contributed by atoms with Crippen molar-refractivity contribution in [2.24, 2.45) is 28.9 Å². The van der Waals surface area contributed by atoms with Gasteiger partial charge in [-0.2, -0.15) is 0 Å². The van der Waals surface area contributed by atoms with Crippen molar-refractivity contribution in [1.82, 2.24) is 15.5 Å².